The maximum atomic E-state index is 14.3. The largest absolute Gasteiger partial charge is 0.481 e. The molecule has 0 unspecified atom stereocenters. The summed E-state index contributed by atoms with van der Waals surface area (Å²) in [7, 11) is 1.46. The molecule has 23 heavy (non-hydrogen) atoms. The maximum Gasteiger partial charge on any atom is 0.213 e. The molecule has 0 radical (unpaired) electrons. The molecule has 1 atom stereocenters. The Morgan fingerprint density at radius 2 is 1.91 bits per heavy atom. The zero-order valence-corrected chi connectivity index (χ0v) is 13.8. The van der Waals surface area contributed by atoms with Crippen molar-refractivity contribution < 1.29 is 19.3 Å². The number of benzene rings is 1. The maximum absolute atomic E-state index is 14.3. The van der Waals surface area contributed by atoms with Gasteiger partial charge in [0.1, 0.15) is 5.82 Å². The highest BCUT2D eigenvalue weighted by Gasteiger charge is 2.27. The van der Waals surface area contributed by atoms with Crippen LogP contribution in [0.4, 0.5) is 4.39 Å². The van der Waals surface area contributed by atoms with Crippen LogP contribution in [0.2, 0.25) is 0 Å². The van der Waals surface area contributed by atoms with Gasteiger partial charge in [0.15, 0.2) is 0 Å². The highest BCUT2D eigenvalue weighted by molar-refractivity contribution is 5.69. The summed E-state index contributed by atoms with van der Waals surface area (Å²) in [6.45, 7) is 5.55. The van der Waals surface area contributed by atoms with Crippen LogP contribution >= 0.6 is 0 Å². The fourth-order valence-corrected chi connectivity index (χ4v) is 2.39. The average Bonchev–Trinajstić information content (AvgIpc) is 2.53. The third-order valence-electron chi connectivity index (χ3n) is 3.74. The van der Waals surface area contributed by atoms with E-state index in [2.05, 4.69) is 4.98 Å². The number of aliphatic hydroxyl groups excluding tert-OH is 2. The molecule has 0 amide bonds. The van der Waals surface area contributed by atoms with Crippen LogP contribution in [0.1, 0.15) is 38.0 Å². The van der Waals surface area contributed by atoms with Gasteiger partial charge in [-0.1, -0.05) is 39.0 Å². The van der Waals surface area contributed by atoms with Crippen LogP contribution in [0.5, 0.6) is 5.88 Å². The van der Waals surface area contributed by atoms with Crippen LogP contribution in [0.15, 0.2) is 30.5 Å². The van der Waals surface area contributed by atoms with Crippen molar-refractivity contribution in [1.82, 2.24) is 4.98 Å². The molecule has 2 aromatic rings. The molecular formula is C18H22FNO3. The minimum atomic E-state index is -0.817. The fraction of sp³-hybridized carbons (Fsp3) is 0.389. The van der Waals surface area contributed by atoms with Gasteiger partial charge in [-0.25, -0.2) is 9.37 Å². The van der Waals surface area contributed by atoms with Crippen molar-refractivity contribution in [2.45, 2.75) is 33.5 Å². The second-order valence-corrected chi connectivity index (χ2v) is 6.55. The van der Waals surface area contributed by atoms with Crippen molar-refractivity contribution in [1.29, 1.82) is 0 Å². The Balaban J connectivity index is 2.67. The Hall–Kier alpha value is -1.98. The van der Waals surface area contributed by atoms with Gasteiger partial charge in [-0.15, -0.1) is 0 Å². The van der Waals surface area contributed by atoms with Gasteiger partial charge in [0.05, 0.1) is 26.0 Å². The van der Waals surface area contributed by atoms with Gasteiger partial charge in [0.25, 0.3) is 0 Å². The van der Waals surface area contributed by atoms with Crippen molar-refractivity contribution >= 4 is 0 Å². The van der Waals surface area contributed by atoms with Crippen LogP contribution in [0.3, 0.4) is 0 Å². The summed E-state index contributed by atoms with van der Waals surface area (Å²) in [5.74, 6) is -0.200. The van der Waals surface area contributed by atoms with E-state index in [-0.39, 0.29) is 6.61 Å². The highest BCUT2D eigenvalue weighted by Crippen LogP contribution is 2.39. The molecule has 0 bridgehead atoms. The number of pyridine rings is 1. The standard InChI is InChI=1S/C18H22FNO3/c1-18(2,3)17(22)14-7-11(10-21)5-6-12(14)13-8-16(23-4)20-9-15(13)19/h5-9,17,21-22H,10H2,1-4H3/t17-/m0/s1. The Bertz CT molecular complexity index is 695. The van der Waals surface area contributed by atoms with E-state index in [0.29, 0.717) is 28.1 Å². The molecular weight excluding hydrogens is 297 g/mol. The highest BCUT2D eigenvalue weighted by atomic mass is 19.1. The molecule has 5 heteroatoms. The zero-order valence-electron chi connectivity index (χ0n) is 13.8. The van der Waals surface area contributed by atoms with Gasteiger partial charge in [-0.2, -0.15) is 0 Å². The molecule has 4 nitrogen and oxygen atoms in total. The number of methoxy groups -OCH3 is 1. The second-order valence-electron chi connectivity index (χ2n) is 6.55. The van der Waals surface area contributed by atoms with Crippen LogP contribution in [0, 0.1) is 11.2 Å². The molecule has 0 saturated heterocycles. The monoisotopic (exact) mass is 319 g/mol. The van der Waals surface area contributed by atoms with E-state index in [1.54, 1.807) is 18.2 Å². The van der Waals surface area contributed by atoms with E-state index in [0.717, 1.165) is 6.20 Å². The number of aromatic nitrogens is 1. The molecule has 1 aromatic heterocycles. The fourth-order valence-electron chi connectivity index (χ4n) is 2.39. The molecule has 2 N–H and O–H groups in total. The second kappa shape index (κ2) is 6.64. The van der Waals surface area contributed by atoms with Gasteiger partial charge < -0.3 is 14.9 Å². The molecule has 2 rings (SSSR count). The van der Waals surface area contributed by atoms with Crippen LogP contribution in [-0.4, -0.2) is 22.3 Å². The molecule has 0 aliphatic heterocycles. The average molecular weight is 319 g/mol. The summed E-state index contributed by atoms with van der Waals surface area (Å²) in [4.78, 5) is 3.84. The third kappa shape index (κ3) is 3.68. The lowest BCUT2D eigenvalue weighted by Crippen LogP contribution is -2.19. The van der Waals surface area contributed by atoms with Crippen molar-refractivity contribution in [2.75, 3.05) is 7.11 Å². The molecule has 1 aromatic carbocycles. The van der Waals surface area contributed by atoms with E-state index in [1.165, 1.54) is 13.2 Å². The number of aliphatic hydroxyl groups is 2. The van der Waals surface area contributed by atoms with E-state index in [4.69, 9.17) is 4.74 Å². The Labute approximate surface area is 135 Å². The Kier molecular flexibility index (Phi) is 5.02. The van der Waals surface area contributed by atoms with Crippen molar-refractivity contribution in [3.8, 4) is 17.0 Å². The van der Waals surface area contributed by atoms with Crippen molar-refractivity contribution in [3.05, 3.63) is 47.4 Å². The molecule has 0 saturated carbocycles. The first-order valence-corrected chi connectivity index (χ1v) is 7.39. The minimum absolute atomic E-state index is 0.147. The predicted molar refractivity (Wildman–Crippen MR) is 86.5 cm³/mol. The van der Waals surface area contributed by atoms with Crippen LogP contribution < -0.4 is 4.74 Å². The van der Waals surface area contributed by atoms with Crippen molar-refractivity contribution in [3.63, 3.8) is 0 Å². The number of hydrogen-bond donors (Lipinski definition) is 2. The lowest BCUT2D eigenvalue weighted by atomic mass is 9.81. The molecule has 0 spiro atoms. The molecule has 1 heterocycles. The van der Waals surface area contributed by atoms with Crippen LogP contribution in [0.25, 0.3) is 11.1 Å². The van der Waals surface area contributed by atoms with E-state index in [1.807, 2.05) is 20.8 Å². The summed E-state index contributed by atoms with van der Waals surface area (Å²) in [5.41, 5.74) is 1.66. The summed E-state index contributed by atoms with van der Waals surface area (Å²) in [6.07, 6.45) is 0.282. The van der Waals surface area contributed by atoms with Crippen molar-refractivity contribution in [2.24, 2.45) is 5.41 Å². The normalized spacial score (nSPS) is 13.0. The van der Waals surface area contributed by atoms with E-state index >= 15 is 0 Å². The van der Waals surface area contributed by atoms with E-state index < -0.39 is 17.3 Å². The first kappa shape index (κ1) is 17.4. The van der Waals surface area contributed by atoms with E-state index in [9.17, 15) is 14.6 Å². The Morgan fingerprint density at radius 1 is 1.22 bits per heavy atom. The number of nitrogens with zero attached hydrogens (tertiary/aromatic N) is 1. The summed E-state index contributed by atoms with van der Waals surface area (Å²) in [5, 5.41) is 20.0. The quantitative estimate of drug-likeness (QED) is 0.906. The molecule has 0 aliphatic carbocycles. The topological polar surface area (TPSA) is 62.6 Å². The van der Waals surface area contributed by atoms with Gasteiger partial charge in [-0.3, -0.25) is 0 Å². The predicted octanol–water partition coefficient (Wildman–Crippen LogP) is 3.47. The van der Waals surface area contributed by atoms with Gasteiger partial charge in [0.2, 0.25) is 5.88 Å². The Morgan fingerprint density at radius 3 is 2.48 bits per heavy atom. The zero-order chi connectivity index (χ0) is 17.2. The first-order valence-electron chi connectivity index (χ1n) is 7.39. The van der Waals surface area contributed by atoms with Gasteiger partial charge >= 0.3 is 0 Å². The number of ether oxygens (including phenoxy) is 1. The smallest absolute Gasteiger partial charge is 0.213 e. The number of rotatable bonds is 4. The lowest BCUT2D eigenvalue weighted by Gasteiger charge is -2.28. The molecule has 124 valence electrons. The third-order valence-corrected chi connectivity index (χ3v) is 3.74. The lowest BCUT2D eigenvalue weighted by molar-refractivity contribution is 0.0630. The number of hydrogen-bond acceptors (Lipinski definition) is 4. The molecule has 0 fully saturated rings. The number of halogens is 1. The van der Waals surface area contributed by atoms with Gasteiger partial charge in [0, 0.05) is 11.6 Å². The molecule has 0 aliphatic rings. The SMILES string of the molecule is COc1cc(-c2ccc(CO)cc2[C@H](O)C(C)(C)C)c(F)cn1. The summed E-state index contributed by atoms with van der Waals surface area (Å²) in [6, 6.07) is 6.62. The summed E-state index contributed by atoms with van der Waals surface area (Å²) >= 11 is 0. The van der Waals surface area contributed by atoms with Gasteiger partial charge in [-0.05, 0) is 22.1 Å². The minimum Gasteiger partial charge on any atom is -0.481 e. The first-order chi connectivity index (χ1) is 10.8. The summed E-state index contributed by atoms with van der Waals surface area (Å²) < 4.78 is 19.3. The van der Waals surface area contributed by atoms with Crippen LogP contribution in [-0.2, 0) is 6.61 Å².